The topological polar surface area (TPSA) is 37.4 Å². The average molecular weight is 265 g/mol. The molecule has 0 aliphatic carbocycles. The van der Waals surface area contributed by atoms with Gasteiger partial charge in [-0.15, -0.1) is 0 Å². The number of rotatable bonds is 9. The Morgan fingerprint density at radius 1 is 1.42 bits per heavy atom. The van der Waals surface area contributed by atoms with Crippen molar-refractivity contribution >= 4 is 5.82 Å². The fourth-order valence-corrected chi connectivity index (χ4v) is 2.03. The van der Waals surface area contributed by atoms with Crippen molar-refractivity contribution in [2.45, 2.75) is 39.8 Å². The molecule has 0 aliphatic rings. The number of hydrogen-bond donors (Lipinski definition) is 1. The molecule has 0 spiro atoms. The predicted octanol–water partition coefficient (Wildman–Crippen LogP) is 2.44. The smallest absolute Gasteiger partial charge is 0.133 e. The van der Waals surface area contributed by atoms with E-state index in [1.54, 1.807) is 7.11 Å². The maximum absolute atomic E-state index is 5.22. The monoisotopic (exact) mass is 265 g/mol. The van der Waals surface area contributed by atoms with E-state index in [1.165, 1.54) is 5.56 Å². The molecule has 19 heavy (non-hydrogen) atoms. The normalized spacial score (nSPS) is 12.4. The second kappa shape index (κ2) is 8.88. The molecular weight excluding hydrogens is 238 g/mol. The minimum atomic E-state index is 0.463. The lowest BCUT2D eigenvalue weighted by Crippen LogP contribution is -2.37. The van der Waals surface area contributed by atoms with E-state index in [9.17, 15) is 0 Å². The van der Waals surface area contributed by atoms with Crippen LogP contribution in [0.5, 0.6) is 0 Å². The van der Waals surface area contributed by atoms with E-state index >= 15 is 0 Å². The molecule has 0 aliphatic heterocycles. The Labute approximate surface area is 117 Å². The molecule has 1 atom stereocenters. The Morgan fingerprint density at radius 2 is 2.21 bits per heavy atom. The van der Waals surface area contributed by atoms with Gasteiger partial charge in [-0.2, -0.15) is 0 Å². The first kappa shape index (κ1) is 15.9. The maximum Gasteiger partial charge on any atom is 0.133 e. The molecule has 4 nitrogen and oxygen atoms in total. The second-order valence-corrected chi connectivity index (χ2v) is 4.71. The molecule has 1 aromatic heterocycles. The van der Waals surface area contributed by atoms with Crippen LogP contribution in [0.3, 0.4) is 0 Å². The SMILES string of the molecule is CCNCc1cccnc1N(CCOC)C(C)CC. The molecule has 0 radical (unpaired) electrons. The van der Waals surface area contributed by atoms with Crippen LogP contribution >= 0.6 is 0 Å². The van der Waals surface area contributed by atoms with Crippen LogP contribution in [-0.4, -0.2) is 37.8 Å². The number of hydrogen-bond acceptors (Lipinski definition) is 4. The van der Waals surface area contributed by atoms with E-state index < -0.39 is 0 Å². The van der Waals surface area contributed by atoms with Crippen molar-refractivity contribution in [2.75, 3.05) is 31.7 Å². The van der Waals surface area contributed by atoms with Gasteiger partial charge in [-0.05, 0) is 26.0 Å². The van der Waals surface area contributed by atoms with Gasteiger partial charge in [0.2, 0.25) is 0 Å². The van der Waals surface area contributed by atoms with E-state index in [2.05, 4.69) is 42.0 Å². The summed E-state index contributed by atoms with van der Waals surface area (Å²) in [5.74, 6) is 1.08. The van der Waals surface area contributed by atoms with E-state index in [0.717, 1.165) is 38.5 Å². The van der Waals surface area contributed by atoms with Crippen LogP contribution in [0.1, 0.15) is 32.8 Å². The summed E-state index contributed by atoms with van der Waals surface area (Å²) in [5.41, 5.74) is 1.25. The summed E-state index contributed by atoms with van der Waals surface area (Å²) in [4.78, 5) is 6.93. The molecule has 1 rings (SSSR count). The molecule has 4 heteroatoms. The third kappa shape index (κ3) is 4.80. The Balaban J connectivity index is 2.92. The van der Waals surface area contributed by atoms with Gasteiger partial charge >= 0.3 is 0 Å². The molecule has 108 valence electrons. The zero-order valence-electron chi connectivity index (χ0n) is 12.6. The van der Waals surface area contributed by atoms with Crippen LogP contribution in [0.25, 0.3) is 0 Å². The van der Waals surface area contributed by atoms with Crippen LogP contribution in [0, 0.1) is 0 Å². The summed E-state index contributed by atoms with van der Waals surface area (Å²) in [6, 6.07) is 4.61. The fraction of sp³-hybridized carbons (Fsp3) is 0.667. The summed E-state index contributed by atoms with van der Waals surface area (Å²) in [6.07, 6.45) is 2.97. The third-order valence-electron chi connectivity index (χ3n) is 3.36. The van der Waals surface area contributed by atoms with Gasteiger partial charge in [0.15, 0.2) is 0 Å². The lowest BCUT2D eigenvalue weighted by molar-refractivity contribution is 0.203. The number of anilines is 1. The zero-order valence-corrected chi connectivity index (χ0v) is 12.6. The molecular formula is C15H27N3O. The van der Waals surface area contributed by atoms with Crippen LogP contribution in [0.2, 0.25) is 0 Å². The summed E-state index contributed by atoms with van der Waals surface area (Å²) in [7, 11) is 1.74. The second-order valence-electron chi connectivity index (χ2n) is 4.71. The number of aromatic nitrogens is 1. The van der Waals surface area contributed by atoms with E-state index in [1.807, 2.05) is 12.3 Å². The van der Waals surface area contributed by atoms with Gasteiger partial charge in [-0.3, -0.25) is 0 Å². The zero-order chi connectivity index (χ0) is 14.1. The van der Waals surface area contributed by atoms with Gasteiger partial charge in [0.25, 0.3) is 0 Å². The van der Waals surface area contributed by atoms with Crippen molar-refractivity contribution in [1.82, 2.24) is 10.3 Å². The van der Waals surface area contributed by atoms with Crippen molar-refractivity contribution in [2.24, 2.45) is 0 Å². The Morgan fingerprint density at radius 3 is 2.84 bits per heavy atom. The quantitative estimate of drug-likeness (QED) is 0.744. The highest BCUT2D eigenvalue weighted by Gasteiger charge is 2.16. The first-order valence-electron chi connectivity index (χ1n) is 7.14. The molecule has 1 aromatic rings. The largest absolute Gasteiger partial charge is 0.383 e. The van der Waals surface area contributed by atoms with Crippen LogP contribution < -0.4 is 10.2 Å². The van der Waals surface area contributed by atoms with Gasteiger partial charge < -0.3 is 15.0 Å². The molecule has 0 fully saturated rings. The summed E-state index contributed by atoms with van der Waals surface area (Å²) in [5, 5.41) is 3.37. The maximum atomic E-state index is 5.22. The molecule has 0 saturated heterocycles. The van der Waals surface area contributed by atoms with Crippen molar-refractivity contribution < 1.29 is 4.74 Å². The predicted molar refractivity (Wildman–Crippen MR) is 80.6 cm³/mol. The highest BCUT2D eigenvalue weighted by atomic mass is 16.5. The molecule has 1 N–H and O–H groups in total. The summed E-state index contributed by atoms with van der Waals surface area (Å²) >= 11 is 0. The average Bonchev–Trinajstić information content (AvgIpc) is 2.46. The van der Waals surface area contributed by atoms with Crippen LogP contribution in [-0.2, 0) is 11.3 Å². The van der Waals surface area contributed by atoms with Crippen molar-refractivity contribution in [3.63, 3.8) is 0 Å². The van der Waals surface area contributed by atoms with Gasteiger partial charge in [0, 0.05) is 38.0 Å². The minimum Gasteiger partial charge on any atom is -0.383 e. The van der Waals surface area contributed by atoms with Gasteiger partial charge in [0.1, 0.15) is 5.82 Å². The molecule has 1 heterocycles. The van der Waals surface area contributed by atoms with E-state index in [-0.39, 0.29) is 0 Å². The number of nitrogens with zero attached hydrogens (tertiary/aromatic N) is 2. The molecule has 0 amide bonds. The number of nitrogens with one attached hydrogen (secondary N) is 1. The number of ether oxygens (including phenoxy) is 1. The van der Waals surface area contributed by atoms with Gasteiger partial charge in [-0.25, -0.2) is 4.98 Å². The Kier molecular flexibility index (Phi) is 7.45. The molecule has 1 unspecified atom stereocenters. The molecule has 0 bridgehead atoms. The van der Waals surface area contributed by atoms with Crippen LogP contribution in [0.4, 0.5) is 5.82 Å². The lowest BCUT2D eigenvalue weighted by Gasteiger charge is -2.31. The highest BCUT2D eigenvalue weighted by molar-refractivity contribution is 5.47. The summed E-state index contributed by atoms with van der Waals surface area (Å²) in [6.45, 7) is 9.99. The minimum absolute atomic E-state index is 0.463. The first-order chi connectivity index (χ1) is 9.24. The molecule has 0 saturated carbocycles. The van der Waals surface area contributed by atoms with Crippen molar-refractivity contribution in [1.29, 1.82) is 0 Å². The van der Waals surface area contributed by atoms with Crippen molar-refractivity contribution in [3.8, 4) is 0 Å². The van der Waals surface area contributed by atoms with E-state index in [4.69, 9.17) is 4.74 Å². The Bertz CT molecular complexity index is 357. The molecule has 0 aromatic carbocycles. The lowest BCUT2D eigenvalue weighted by atomic mass is 10.1. The number of methoxy groups -OCH3 is 1. The fourth-order valence-electron chi connectivity index (χ4n) is 2.03. The third-order valence-corrected chi connectivity index (χ3v) is 3.36. The van der Waals surface area contributed by atoms with Crippen LogP contribution in [0.15, 0.2) is 18.3 Å². The van der Waals surface area contributed by atoms with Gasteiger partial charge in [-0.1, -0.05) is 19.9 Å². The van der Waals surface area contributed by atoms with Gasteiger partial charge in [0.05, 0.1) is 6.61 Å². The highest BCUT2D eigenvalue weighted by Crippen LogP contribution is 2.20. The summed E-state index contributed by atoms with van der Waals surface area (Å²) < 4.78 is 5.22. The van der Waals surface area contributed by atoms with E-state index in [0.29, 0.717) is 6.04 Å². The standard InChI is InChI=1S/C15H27N3O/c1-5-13(3)18(10-11-19-4)15-14(12-16-6-2)8-7-9-17-15/h7-9,13,16H,5-6,10-12H2,1-4H3. The van der Waals surface area contributed by atoms with Crippen molar-refractivity contribution in [3.05, 3.63) is 23.9 Å². The first-order valence-corrected chi connectivity index (χ1v) is 7.14. The Hall–Kier alpha value is -1.13. The number of pyridine rings is 1.